The summed E-state index contributed by atoms with van der Waals surface area (Å²) >= 11 is 0. The summed E-state index contributed by atoms with van der Waals surface area (Å²) in [4.78, 5) is 14.6. The Kier molecular flexibility index (Phi) is 3.96. The van der Waals surface area contributed by atoms with Gasteiger partial charge in [0.25, 0.3) is 5.91 Å². The summed E-state index contributed by atoms with van der Waals surface area (Å²) in [6, 6.07) is 6.70. The number of hydrogen-bond acceptors (Lipinski definition) is 2. The molecule has 5 heteroatoms. The zero-order valence-electron chi connectivity index (χ0n) is 12.9. The summed E-state index contributed by atoms with van der Waals surface area (Å²) in [5.41, 5.74) is 1.59. The van der Waals surface area contributed by atoms with Crippen LogP contribution in [0, 0.1) is 12.7 Å². The Labute approximate surface area is 129 Å². The molecule has 3 rings (SSSR count). The van der Waals surface area contributed by atoms with Crippen LogP contribution in [0.2, 0.25) is 0 Å². The lowest BCUT2D eigenvalue weighted by atomic mass is 10.0. The van der Waals surface area contributed by atoms with E-state index in [4.69, 9.17) is 0 Å². The van der Waals surface area contributed by atoms with Crippen molar-refractivity contribution in [3.05, 3.63) is 47.5 Å². The quantitative estimate of drug-likeness (QED) is 0.853. The molecule has 1 aromatic carbocycles. The molecule has 0 N–H and O–H groups in total. The van der Waals surface area contributed by atoms with E-state index in [0.29, 0.717) is 16.9 Å². The maximum atomic E-state index is 13.9. The zero-order chi connectivity index (χ0) is 15.7. The predicted molar refractivity (Wildman–Crippen MR) is 82.6 cm³/mol. The first-order valence-electron chi connectivity index (χ1n) is 7.70. The molecule has 0 aliphatic carbocycles. The number of nitrogens with zero attached hydrogens (tertiary/aromatic N) is 3. The van der Waals surface area contributed by atoms with Crippen LogP contribution in [0.15, 0.2) is 30.5 Å². The van der Waals surface area contributed by atoms with Crippen molar-refractivity contribution >= 4 is 5.91 Å². The van der Waals surface area contributed by atoms with Gasteiger partial charge in [-0.2, -0.15) is 5.10 Å². The normalized spacial score (nSPS) is 18.5. The molecular formula is C17H20FN3O. The van der Waals surface area contributed by atoms with Gasteiger partial charge in [0.05, 0.1) is 17.5 Å². The Hall–Kier alpha value is -2.17. The summed E-state index contributed by atoms with van der Waals surface area (Å²) in [6.45, 7) is 4.67. The number of carbonyl (C=O) groups excluding carboxylic acids is 1. The zero-order valence-corrected chi connectivity index (χ0v) is 12.9. The second kappa shape index (κ2) is 5.91. The van der Waals surface area contributed by atoms with Gasteiger partial charge in [-0.25, -0.2) is 9.07 Å². The topological polar surface area (TPSA) is 38.1 Å². The number of rotatable bonds is 2. The van der Waals surface area contributed by atoms with E-state index in [1.807, 2.05) is 4.90 Å². The molecule has 1 amide bonds. The van der Waals surface area contributed by atoms with Crippen LogP contribution in [0.5, 0.6) is 0 Å². The average molecular weight is 301 g/mol. The minimum atomic E-state index is -0.348. The molecule has 0 saturated carbocycles. The summed E-state index contributed by atoms with van der Waals surface area (Å²) in [6.07, 6.45) is 4.78. The second-order valence-electron chi connectivity index (χ2n) is 5.85. The number of halogens is 1. The summed E-state index contributed by atoms with van der Waals surface area (Å²) in [5, 5.41) is 4.22. The summed E-state index contributed by atoms with van der Waals surface area (Å²) in [5.74, 6) is -0.355. The standard InChI is InChI=1S/C17H20FN3O/c1-12-7-5-6-10-20(12)17(22)14-11-19-21(13(14)2)16-9-4-3-8-15(16)18/h3-4,8-9,11-12H,5-7,10H2,1-2H3. The minimum absolute atomic E-state index is 0.00714. The molecule has 1 aromatic heterocycles. The van der Waals surface area contributed by atoms with Gasteiger partial charge in [-0.05, 0) is 45.2 Å². The van der Waals surface area contributed by atoms with Gasteiger partial charge in [-0.3, -0.25) is 4.79 Å². The highest BCUT2D eigenvalue weighted by molar-refractivity contribution is 5.95. The van der Waals surface area contributed by atoms with Gasteiger partial charge in [0.15, 0.2) is 0 Å². The molecule has 0 radical (unpaired) electrons. The number of hydrogen-bond donors (Lipinski definition) is 0. The fraction of sp³-hybridized carbons (Fsp3) is 0.412. The second-order valence-corrected chi connectivity index (χ2v) is 5.85. The van der Waals surface area contributed by atoms with Crippen molar-refractivity contribution in [1.82, 2.24) is 14.7 Å². The van der Waals surface area contributed by atoms with Crippen molar-refractivity contribution in [3.63, 3.8) is 0 Å². The fourth-order valence-electron chi connectivity index (χ4n) is 3.04. The molecule has 4 nitrogen and oxygen atoms in total. The molecule has 0 spiro atoms. The van der Waals surface area contributed by atoms with Gasteiger partial charge >= 0.3 is 0 Å². The van der Waals surface area contributed by atoms with E-state index in [2.05, 4.69) is 12.0 Å². The third-order valence-electron chi connectivity index (χ3n) is 4.38. The first kappa shape index (κ1) is 14.8. The fourth-order valence-corrected chi connectivity index (χ4v) is 3.04. The lowest BCUT2D eigenvalue weighted by molar-refractivity contribution is 0.0635. The van der Waals surface area contributed by atoms with Crippen LogP contribution in [-0.4, -0.2) is 33.2 Å². The third-order valence-corrected chi connectivity index (χ3v) is 4.38. The smallest absolute Gasteiger partial charge is 0.257 e. The number of carbonyl (C=O) groups is 1. The van der Waals surface area contributed by atoms with E-state index in [1.54, 1.807) is 31.3 Å². The molecule has 116 valence electrons. The van der Waals surface area contributed by atoms with E-state index in [-0.39, 0.29) is 17.8 Å². The third kappa shape index (κ3) is 2.51. The highest BCUT2D eigenvalue weighted by atomic mass is 19.1. The predicted octanol–water partition coefficient (Wildman–Crippen LogP) is 3.33. The highest BCUT2D eigenvalue weighted by Gasteiger charge is 2.27. The van der Waals surface area contributed by atoms with E-state index in [0.717, 1.165) is 19.4 Å². The first-order chi connectivity index (χ1) is 10.6. The molecule has 22 heavy (non-hydrogen) atoms. The van der Waals surface area contributed by atoms with Crippen molar-refractivity contribution in [2.45, 2.75) is 39.2 Å². The Bertz CT molecular complexity index is 695. The van der Waals surface area contributed by atoms with Crippen LogP contribution in [0.4, 0.5) is 4.39 Å². The van der Waals surface area contributed by atoms with Crippen molar-refractivity contribution in [1.29, 1.82) is 0 Å². The number of piperidine rings is 1. The SMILES string of the molecule is Cc1c(C(=O)N2CCCCC2C)cnn1-c1ccccc1F. The van der Waals surface area contributed by atoms with Crippen LogP contribution in [0.1, 0.15) is 42.2 Å². The molecular weight excluding hydrogens is 281 g/mol. The highest BCUT2D eigenvalue weighted by Crippen LogP contribution is 2.22. The van der Waals surface area contributed by atoms with Crippen LogP contribution in [0.25, 0.3) is 5.69 Å². The van der Waals surface area contributed by atoms with Crippen LogP contribution in [-0.2, 0) is 0 Å². The summed E-state index contributed by atoms with van der Waals surface area (Å²) in [7, 11) is 0. The van der Waals surface area contributed by atoms with Crippen LogP contribution >= 0.6 is 0 Å². The van der Waals surface area contributed by atoms with Crippen LogP contribution < -0.4 is 0 Å². The van der Waals surface area contributed by atoms with Crippen molar-refractivity contribution in [2.24, 2.45) is 0 Å². The maximum absolute atomic E-state index is 13.9. The number of aromatic nitrogens is 2. The van der Waals surface area contributed by atoms with Crippen LogP contribution in [0.3, 0.4) is 0 Å². The molecule has 0 bridgehead atoms. The Morgan fingerprint density at radius 2 is 2.09 bits per heavy atom. The molecule has 1 saturated heterocycles. The van der Waals surface area contributed by atoms with Crippen molar-refractivity contribution in [2.75, 3.05) is 6.54 Å². The number of amides is 1. The van der Waals surface area contributed by atoms with E-state index in [9.17, 15) is 9.18 Å². The Morgan fingerprint density at radius 1 is 1.32 bits per heavy atom. The molecule has 2 heterocycles. The first-order valence-corrected chi connectivity index (χ1v) is 7.70. The molecule has 1 fully saturated rings. The molecule has 1 atom stereocenters. The Balaban J connectivity index is 1.94. The van der Waals surface area contributed by atoms with Gasteiger partial charge in [-0.15, -0.1) is 0 Å². The summed E-state index contributed by atoms with van der Waals surface area (Å²) < 4.78 is 15.4. The van der Waals surface area contributed by atoms with E-state index < -0.39 is 0 Å². The van der Waals surface area contributed by atoms with E-state index >= 15 is 0 Å². The minimum Gasteiger partial charge on any atom is -0.336 e. The molecule has 1 unspecified atom stereocenters. The number of benzene rings is 1. The number of likely N-dealkylation sites (tertiary alicyclic amines) is 1. The lowest BCUT2D eigenvalue weighted by Gasteiger charge is -2.33. The Morgan fingerprint density at radius 3 is 2.82 bits per heavy atom. The van der Waals surface area contributed by atoms with Gasteiger partial charge in [0.2, 0.25) is 0 Å². The molecule has 2 aromatic rings. The molecule has 1 aliphatic rings. The van der Waals surface area contributed by atoms with Gasteiger partial charge in [0.1, 0.15) is 11.5 Å². The maximum Gasteiger partial charge on any atom is 0.257 e. The lowest BCUT2D eigenvalue weighted by Crippen LogP contribution is -2.42. The largest absolute Gasteiger partial charge is 0.336 e. The van der Waals surface area contributed by atoms with E-state index in [1.165, 1.54) is 17.2 Å². The monoisotopic (exact) mass is 301 g/mol. The van der Waals surface area contributed by atoms with Gasteiger partial charge < -0.3 is 4.90 Å². The van der Waals surface area contributed by atoms with Gasteiger partial charge in [0, 0.05) is 12.6 Å². The number of para-hydroxylation sites is 1. The average Bonchev–Trinajstić information content (AvgIpc) is 2.89. The molecule has 1 aliphatic heterocycles. The van der Waals surface area contributed by atoms with Crippen molar-refractivity contribution < 1.29 is 9.18 Å². The van der Waals surface area contributed by atoms with Gasteiger partial charge in [-0.1, -0.05) is 12.1 Å². The van der Waals surface area contributed by atoms with Crippen molar-refractivity contribution in [3.8, 4) is 5.69 Å².